The van der Waals surface area contributed by atoms with Crippen LogP contribution in [0.25, 0.3) is 0 Å². The second-order valence-corrected chi connectivity index (χ2v) is 4.24. The average molecular weight is 232 g/mol. The molecule has 0 aliphatic carbocycles. The molecule has 0 spiro atoms. The Morgan fingerprint density at radius 2 is 1.82 bits per heavy atom. The Morgan fingerprint density at radius 3 is 2.29 bits per heavy atom. The maximum absolute atomic E-state index is 6.11. The summed E-state index contributed by atoms with van der Waals surface area (Å²) >= 11 is 0. The number of hydrogen-bond acceptors (Lipinski definition) is 2. The van der Waals surface area contributed by atoms with Crippen LogP contribution in [-0.4, -0.2) is 13.1 Å². The van der Waals surface area contributed by atoms with Crippen LogP contribution in [0.5, 0.6) is 0 Å². The molecule has 2 heteroatoms. The van der Waals surface area contributed by atoms with Gasteiger partial charge in [-0.3, -0.25) is 0 Å². The molecule has 1 rings (SSSR count). The lowest BCUT2D eigenvalue weighted by Crippen LogP contribution is -2.21. The standard InChI is InChI=1S/C15H24N2/c1-4-7-8-15(16)13-9-11-14(12-10-13)17(5-2)6-3/h4,9-12,15H,1,5-8,16H2,2-3H3/t15-/m1/s1. The SMILES string of the molecule is C=CCC[C@@H](N)c1ccc(N(CC)CC)cc1. The molecule has 1 aromatic carbocycles. The average Bonchev–Trinajstić information content (AvgIpc) is 2.38. The molecular formula is C15H24N2. The van der Waals surface area contributed by atoms with Gasteiger partial charge in [0.2, 0.25) is 0 Å². The van der Waals surface area contributed by atoms with Crippen molar-refractivity contribution in [2.75, 3.05) is 18.0 Å². The van der Waals surface area contributed by atoms with Crippen molar-refractivity contribution in [2.45, 2.75) is 32.7 Å². The quantitative estimate of drug-likeness (QED) is 0.729. The van der Waals surface area contributed by atoms with Crippen molar-refractivity contribution in [1.82, 2.24) is 0 Å². The highest BCUT2D eigenvalue weighted by Crippen LogP contribution is 2.20. The molecule has 0 fully saturated rings. The van der Waals surface area contributed by atoms with Gasteiger partial charge in [-0.2, -0.15) is 0 Å². The third-order valence-corrected chi connectivity index (χ3v) is 3.13. The zero-order valence-electron chi connectivity index (χ0n) is 11.0. The Balaban J connectivity index is 2.69. The van der Waals surface area contributed by atoms with E-state index in [0.717, 1.165) is 25.9 Å². The minimum absolute atomic E-state index is 0.124. The van der Waals surface area contributed by atoms with Crippen molar-refractivity contribution < 1.29 is 0 Å². The molecule has 0 saturated carbocycles. The molecule has 0 aliphatic rings. The summed E-state index contributed by atoms with van der Waals surface area (Å²) in [6, 6.07) is 8.73. The number of benzene rings is 1. The summed E-state index contributed by atoms with van der Waals surface area (Å²) in [7, 11) is 0. The summed E-state index contributed by atoms with van der Waals surface area (Å²) in [5.74, 6) is 0. The predicted octanol–water partition coefficient (Wildman–Crippen LogP) is 3.50. The zero-order chi connectivity index (χ0) is 12.7. The Labute approximate surface area is 105 Å². The normalized spacial score (nSPS) is 12.2. The van der Waals surface area contributed by atoms with Gasteiger partial charge in [-0.05, 0) is 44.4 Å². The summed E-state index contributed by atoms with van der Waals surface area (Å²) in [5, 5.41) is 0. The lowest BCUT2D eigenvalue weighted by Gasteiger charge is -2.21. The van der Waals surface area contributed by atoms with E-state index in [9.17, 15) is 0 Å². The molecule has 0 radical (unpaired) electrons. The van der Waals surface area contributed by atoms with Gasteiger partial charge in [0.1, 0.15) is 0 Å². The first-order valence-electron chi connectivity index (χ1n) is 6.44. The van der Waals surface area contributed by atoms with E-state index < -0.39 is 0 Å². The van der Waals surface area contributed by atoms with Gasteiger partial charge in [0, 0.05) is 24.8 Å². The van der Waals surface area contributed by atoms with Crippen LogP contribution in [0.2, 0.25) is 0 Å². The third kappa shape index (κ3) is 3.90. The maximum Gasteiger partial charge on any atom is 0.0366 e. The largest absolute Gasteiger partial charge is 0.372 e. The van der Waals surface area contributed by atoms with E-state index in [1.165, 1.54) is 11.3 Å². The summed E-state index contributed by atoms with van der Waals surface area (Å²) in [6.45, 7) is 10.2. The molecule has 17 heavy (non-hydrogen) atoms. The summed E-state index contributed by atoms with van der Waals surface area (Å²) in [6.07, 6.45) is 3.86. The fourth-order valence-corrected chi connectivity index (χ4v) is 1.99. The van der Waals surface area contributed by atoms with Crippen molar-refractivity contribution in [3.05, 3.63) is 42.5 Å². The van der Waals surface area contributed by atoms with Gasteiger partial charge < -0.3 is 10.6 Å². The fraction of sp³-hybridized carbons (Fsp3) is 0.467. The van der Waals surface area contributed by atoms with E-state index in [4.69, 9.17) is 5.73 Å². The second kappa shape index (κ2) is 7.13. The maximum atomic E-state index is 6.11. The molecule has 1 aromatic rings. The molecule has 2 nitrogen and oxygen atoms in total. The molecule has 0 saturated heterocycles. The van der Waals surface area contributed by atoms with Crippen LogP contribution < -0.4 is 10.6 Å². The van der Waals surface area contributed by atoms with Crippen molar-refractivity contribution in [3.63, 3.8) is 0 Å². The highest BCUT2D eigenvalue weighted by molar-refractivity contribution is 5.47. The molecule has 94 valence electrons. The first-order valence-corrected chi connectivity index (χ1v) is 6.44. The lowest BCUT2D eigenvalue weighted by molar-refractivity contribution is 0.661. The molecular weight excluding hydrogens is 208 g/mol. The van der Waals surface area contributed by atoms with Gasteiger partial charge in [-0.1, -0.05) is 18.2 Å². The molecule has 0 heterocycles. The lowest BCUT2D eigenvalue weighted by atomic mass is 10.0. The second-order valence-electron chi connectivity index (χ2n) is 4.24. The summed E-state index contributed by atoms with van der Waals surface area (Å²) < 4.78 is 0. The number of allylic oxidation sites excluding steroid dienone is 1. The van der Waals surface area contributed by atoms with Gasteiger partial charge in [0.15, 0.2) is 0 Å². The fourth-order valence-electron chi connectivity index (χ4n) is 1.99. The minimum atomic E-state index is 0.124. The topological polar surface area (TPSA) is 29.3 Å². The molecule has 0 unspecified atom stereocenters. The smallest absolute Gasteiger partial charge is 0.0366 e. The third-order valence-electron chi connectivity index (χ3n) is 3.13. The highest BCUT2D eigenvalue weighted by atomic mass is 15.1. The molecule has 0 bridgehead atoms. The van der Waals surface area contributed by atoms with E-state index in [1.807, 2.05) is 6.08 Å². The molecule has 2 N–H and O–H groups in total. The number of nitrogens with two attached hydrogens (primary N) is 1. The first kappa shape index (κ1) is 13.8. The van der Waals surface area contributed by atoms with Gasteiger partial charge >= 0.3 is 0 Å². The Morgan fingerprint density at radius 1 is 1.24 bits per heavy atom. The van der Waals surface area contributed by atoms with Gasteiger partial charge in [0.25, 0.3) is 0 Å². The van der Waals surface area contributed by atoms with Gasteiger partial charge in [-0.25, -0.2) is 0 Å². The molecule has 1 atom stereocenters. The molecule has 0 aromatic heterocycles. The Hall–Kier alpha value is -1.28. The van der Waals surface area contributed by atoms with Gasteiger partial charge in [-0.15, -0.1) is 6.58 Å². The number of hydrogen-bond donors (Lipinski definition) is 1. The number of nitrogens with zero attached hydrogens (tertiary/aromatic N) is 1. The summed E-state index contributed by atoms with van der Waals surface area (Å²) in [4.78, 5) is 2.33. The van der Waals surface area contributed by atoms with Crippen LogP contribution in [-0.2, 0) is 0 Å². The van der Waals surface area contributed by atoms with E-state index >= 15 is 0 Å². The van der Waals surface area contributed by atoms with E-state index in [-0.39, 0.29) is 6.04 Å². The van der Waals surface area contributed by atoms with Crippen LogP contribution >= 0.6 is 0 Å². The van der Waals surface area contributed by atoms with Gasteiger partial charge in [0.05, 0.1) is 0 Å². The van der Waals surface area contributed by atoms with Crippen LogP contribution in [0.4, 0.5) is 5.69 Å². The van der Waals surface area contributed by atoms with Crippen LogP contribution in [0.1, 0.15) is 38.3 Å². The zero-order valence-corrected chi connectivity index (χ0v) is 11.0. The Bertz CT molecular complexity index is 325. The molecule has 0 amide bonds. The Kier molecular flexibility index (Phi) is 5.78. The van der Waals surface area contributed by atoms with Crippen molar-refractivity contribution in [2.24, 2.45) is 5.73 Å². The van der Waals surface area contributed by atoms with Crippen LogP contribution in [0.15, 0.2) is 36.9 Å². The van der Waals surface area contributed by atoms with E-state index in [2.05, 4.69) is 49.6 Å². The highest BCUT2D eigenvalue weighted by Gasteiger charge is 2.06. The predicted molar refractivity (Wildman–Crippen MR) is 76.4 cm³/mol. The minimum Gasteiger partial charge on any atom is -0.372 e. The van der Waals surface area contributed by atoms with E-state index in [1.54, 1.807) is 0 Å². The van der Waals surface area contributed by atoms with Crippen molar-refractivity contribution >= 4 is 5.69 Å². The van der Waals surface area contributed by atoms with E-state index in [0.29, 0.717) is 0 Å². The summed E-state index contributed by atoms with van der Waals surface area (Å²) in [5.41, 5.74) is 8.59. The molecule has 0 aliphatic heterocycles. The van der Waals surface area contributed by atoms with Crippen LogP contribution in [0, 0.1) is 0 Å². The number of rotatable bonds is 7. The van der Waals surface area contributed by atoms with Crippen LogP contribution in [0.3, 0.4) is 0 Å². The van der Waals surface area contributed by atoms with Crippen molar-refractivity contribution in [3.8, 4) is 0 Å². The van der Waals surface area contributed by atoms with Crippen molar-refractivity contribution in [1.29, 1.82) is 0 Å². The number of anilines is 1. The monoisotopic (exact) mass is 232 g/mol. The first-order chi connectivity index (χ1) is 8.22.